The summed E-state index contributed by atoms with van der Waals surface area (Å²) in [5.41, 5.74) is 0.382. The highest BCUT2D eigenvalue weighted by Gasteiger charge is 2.47. The molecule has 1 spiro atoms. The number of piperidine rings is 1. The molecule has 9 heteroatoms. The number of carbonyl (C=O) groups excluding carboxylic acids is 1. The van der Waals surface area contributed by atoms with E-state index in [2.05, 4.69) is 25.2 Å². The van der Waals surface area contributed by atoms with Crippen molar-refractivity contribution in [3.8, 4) is 5.75 Å². The van der Waals surface area contributed by atoms with Crippen molar-refractivity contribution >= 4 is 11.9 Å². The Morgan fingerprint density at radius 1 is 1.19 bits per heavy atom. The summed E-state index contributed by atoms with van der Waals surface area (Å²) in [6, 6.07) is 9.48. The first-order chi connectivity index (χ1) is 15.7. The minimum absolute atomic E-state index is 0.125. The van der Waals surface area contributed by atoms with Crippen LogP contribution in [0.15, 0.2) is 55.1 Å². The van der Waals surface area contributed by atoms with Crippen LogP contribution in [0.25, 0.3) is 0 Å². The summed E-state index contributed by atoms with van der Waals surface area (Å²) in [5, 5.41) is 3.02. The summed E-state index contributed by atoms with van der Waals surface area (Å²) in [5.74, 6) is 2.25. The lowest BCUT2D eigenvalue weighted by Gasteiger charge is -2.45. The first-order valence-electron chi connectivity index (χ1n) is 10.8. The molecule has 0 radical (unpaired) electrons. The molecule has 4 heterocycles. The summed E-state index contributed by atoms with van der Waals surface area (Å²) in [6.45, 7) is 2.33. The van der Waals surface area contributed by atoms with Crippen LogP contribution in [0.2, 0.25) is 0 Å². The van der Waals surface area contributed by atoms with E-state index in [1.807, 2.05) is 41.1 Å². The summed E-state index contributed by atoms with van der Waals surface area (Å²) >= 11 is 0. The van der Waals surface area contributed by atoms with E-state index in [4.69, 9.17) is 9.47 Å². The van der Waals surface area contributed by atoms with E-state index in [9.17, 15) is 4.79 Å². The number of anilines is 1. The van der Waals surface area contributed by atoms with Gasteiger partial charge in [-0.05, 0) is 23.8 Å². The number of fused-ring (bicyclic) bond motifs is 2. The first-order valence-corrected chi connectivity index (χ1v) is 10.8. The third-order valence-corrected chi connectivity index (χ3v) is 6.15. The molecule has 2 aromatic heterocycles. The zero-order valence-corrected chi connectivity index (χ0v) is 18.0. The van der Waals surface area contributed by atoms with E-state index in [1.165, 1.54) is 0 Å². The van der Waals surface area contributed by atoms with Crippen molar-refractivity contribution in [2.24, 2.45) is 0 Å². The fourth-order valence-electron chi connectivity index (χ4n) is 4.48. The van der Waals surface area contributed by atoms with Gasteiger partial charge in [0.2, 0.25) is 5.95 Å². The predicted molar refractivity (Wildman–Crippen MR) is 117 cm³/mol. The van der Waals surface area contributed by atoms with Gasteiger partial charge in [-0.3, -0.25) is 4.79 Å². The first kappa shape index (κ1) is 20.4. The minimum Gasteiger partial charge on any atom is -0.497 e. The van der Waals surface area contributed by atoms with Crippen molar-refractivity contribution in [3.63, 3.8) is 0 Å². The summed E-state index contributed by atoms with van der Waals surface area (Å²) in [7, 11) is 1.63. The fraction of sp³-hybridized carbons (Fsp3) is 0.391. The van der Waals surface area contributed by atoms with Crippen LogP contribution in [0.1, 0.15) is 24.2 Å². The van der Waals surface area contributed by atoms with Crippen molar-refractivity contribution in [2.45, 2.75) is 37.6 Å². The Morgan fingerprint density at radius 3 is 2.78 bits per heavy atom. The van der Waals surface area contributed by atoms with E-state index < -0.39 is 11.7 Å². The molecule has 166 valence electrons. The lowest BCUT2D eigenvalue weighted by molar-refractivity contribution is -0.167. The van der Waals surface area contributed by atoms with Gasteiger partial charge in [0.05, 0.1) is 13.7 Å². The van der Waals surface area contributed by atoms with Crippen LogP contribution in [-0.2, 0) is 28.2 Å². The van der Waals surface area contributed by atoms with Crippen LogP contribution in [0.3, 0.4) is 0 Å². The number of carbonyl (C=O) groups is 1. The number of nitrogens with one attached hydrogen (secondary N) is 1. The SMILES string of the molecule is COc1cccc(CNC(=O)C2Cn3ccnc3C3(CCN(c4ncccn4)CC3)O2)c1. The Labute approximate surface area is 186 Å². The van der Waals surface area contributed by atoms with Crippen LogP contribution < -0.4 is 15.0 Å². The standard InChI is InChI=1S/C23H26N6O3/c1-31-18-5-2-4-17(14-18)15-27-20(30)19-16-29-13-10-24-21(29)23(32-19)6-11-28(12-7-23)22-25-8-3-9-26-22/h2-5,8-10,13-14,19H,6-7,11-12,15-16H2,1H3,(H,27,30). The molecule has 1 amide bonds. The maximum absolute atomic E-state index is 13.0. The van der Waals surface area contributed by atoms with Gasteiger partial charge >= 0.3 is 0 Å². The number of hydrogen-bond acceptors (Lipinski definition) is 7. The summed E-state index contributed by atoms with van der Waals surface area (Å²) in [4.78, 5) is 28.5. The smallest absolute Gasteiger partial charge is 0.251 e. The third kappa shape index (κ3) is 3.91. The third-order valence-electron chi connectivity index (χ3n) is 6.15. The summed E-state index contributed by atoms with van der Waals surface area (Å²) < 4.78 is 13.8. The van der Waals surface area contributed by atoms with Crippen LogP contribution in [-0.4, -0.2) is 51.7 Å². The second-order valence-electron chi connectivity index (χ2n) is 8.11. The normalized spacial score (nSPS) is 19.4. The number of nitrogens with zero attached hydrogens (tertiary/aromatic N) is 5. The molecular formula is C23H26N6O3. The second kappa shape index (κ2) is 8.58. The summed E-state index contributed by atoms with van der Waals surface area (Å²) in [6.07, 6.45) is 8.04. The van der Waals surface area contributed by atoms with Crippen molar-refractivity contribution in [3.05, 3.63) is 66.5 Å². The van der Waals surface area contributed by atoms with Crippen LogP contribution in [0.4, 0.5) is 5.95 Å². The molecule has 1 atom stereocenters. The topological polar surface area (TPSA) is 94.4 Å². The number of hydrogen-bond donors (Lipinski definition) is 1. The van der Waals surface area contributed by atoms with Crippen LogP contribution in [0.5, 0.6) is 5.75 Å². The van der Waals surface area contributed by atoms with Gasteiger partial charge in [-0.25, -0.2) is 15.0 Å². The largest absolute Gasteiger partial charge is 0.497 e. The lowest BCUT2D eigenvalue weighted by atomic mass is 9.88. The van der Waals surface area contributed by atoms with Gasteiger partial charge < -0.3 is 24.3 Å². The molecule has 2 aliphatic rings. The fourth-order valence-corrected chi connectivity index (χ4v) is 4.48. The molecule has 32 heavy (non-hydrogen) atoms. The van der Waals surface area contributed by atoms with Gasteiger partial charge in [0.1, 0.15) is 17.2 Å². The van der Waals surface area contributed by atoms with E-state index >= 15 is 0 Å². The molecule has 0 saturated carbocycles. The molecule has 1 aromatic carbocycles. The van der Waals surface area contributed by atoms with Crippen molar-refractivity contribution < 1.29 is 14.3 Å². The predicted octanol–water partition coefficient (Wildman–Crippen LogP) is 1.89. The van der Waals surface area contributed by atoms with E-state index in [0.29, 0.717) is 31.9 Å². The van der Waals surface area contributed by atoms with Crippen molar-refractivity contribution in [1.82, 2.24) is 24.8 Å². The molecule has 1 saturated heterocycles. The number of benzene rings is 1. The van der Waals surface area contributed by atoms with Crippen molar-refractivity contribution in [2.75, 3.05) is 25.1 Å². The van der Waals surface area contributed by atoms with Gasteiger partial charge in [0.25, 0.3) is 5.91 Å². The maximum atomic E-state index is 13.0. The zero-order valence-electron chi connectivity index (χ0n) is 18.0. The quantitative estimate of drug-likeness (QED) is 0.655. The Kier molecular flexibility index (Phi) is 5.48. The van der Waals surface area contributed by atoms with E-state index in [-0.39, 0.29) is 5.91 Å². The molecule has 1 N–H and O–H groups in total. The number of ether oxygens (including phenoxy) is 2. The highest BCUT2D eigenvalue weighted by atomic mass is 16.5. The number of amides is 1. The molecule has 2 aliphatic heterocycles. The Hall–Kier alpha value is -3.46. The van der Waals surface area contributed by atoms with Crippen molar-refractivity contribution in [1.29, 1.82) is 0 Å². The highest BCUT2D eigenvalue weighted by molar-refractivity contribution is 5.81. The highest BCUT2D eigenvalue weighted by Crippen LogP contribution is 2.40. The molecule has 5 rings (SSSR count). The molecule has 3 aromatic rings. The van der Waals surface area contributed by atoms with Gasteiger partial charge in [0.15, 0.2) is 6.10 Å². The number of aromatic nitrogens is 4. The molecule has 1 unspecified atom stereocenters. The zero-order chi connectivity index (χ0) is 22.0. The van der Waals surface area contributed by atoms with Gasteiger partial charge in [-0.15, -0.1) is 0 Å². The molecule has 9 nitrogen and oxygen atoms in total. The molecular weight excluding hydrogens is 408 g/mol. The number of imidazole rings is 1. The maximum Gasteiger partial charge on any atom is 0.251 e. The number of rotatable bonds is 5. The van der Waals surface area contributed by atoms with Gasteiger partial charge in [-0.2, -0.15) is 0 Å². The average Bonchev–Trinajstić information content (AvgIpc) is 3.33. The second-order valence-corrected chi connectivity index (χ2v) is 8.11. The minimum atomic E-state index is -0.592. The molecule has 0 bridgehead atoms. The average molecular weight is 435 g/mol. The Bertz CT molecular complexity index is 1080. The van der Waals surface area contributed by atoms with E-state index in [1.54, 1.807) is 25.7 Å². The Balaban J connectivity index is 1.28. The Morgan fingerprint density at radius 2 is 2.00 bits per heavy atom. The van der Waals surface area contributed by atoms with E-state index in [0.717, 1.165) is 30.2 Å². The monoisotopic (exact) mass is 434 g/mol. The van der Waals surface area contributed by atoms with Gasteiger partial charge in [-0.1, -0.05) is 12.1 Å². The lowest BCUT2D eigenvalue weighted by Crippen LogP contribution is -2.54. The molecule has 0 aliphatic carbocycles. The van der Waals surface area contributed by atoms with Gasteiger partial charge in [0, 0.05) is 57.3 Å². The molecule has 1 fully saturated rings. The van der Waals surface area contributed by atoms with Crippen LogP contribution >= 0.6 is 0 Å². The van der Waals surface area contributed by atoms with Crippen LogP contribution in [0, 0.1) is 0 Å². The number of methoxy groups -OCH3 is 1.